The van der Waals surface area contributed by atoms with Gasteiger partial charge in [0.25, 0.3) is 0 Å². The summed E-state index contributed by atoms with van der Waals surface area (Å²) < 4.78 is 6.90. The van der Waals surface area contributed by atoms with Crippen LogP contribution in [0.5, 0.6) is 5.75 Å². The Morgan fingerprint density at radius 2 is 2.21 bits per heavy atom. The lowest BCUT2D eigenvalue weighted by molar-refractivity contribution is -0.113. The van der Waals surface area contributed by atoms with E-state index in [1.165, 1.54) is 11.8 Å². The number of rotatable bonds is 7. The number of nitrogens with zero attached hydrogens (tertiary/aromatic N) is 4. The molecule has 124 valence electrons. The summed E-state index contributed by atoms with van der Waals surface area (Å²) in [5, 5.41) is 17.1. The van der Waals surface area contributed by atoms with E-state index in [9.17, 15) is 4.79 Å². The van der Waals surface area contributed by atoms with Crippen LogP contribution in [-0.2, 0) is 11.3 Å². The first-order valence-electron chi connectivity index (χ1n) is 7.10. The molecule has 0 saturated carbocycles. The van der Waals surface area contributed by atoms with E-state index >= 15 is 0 Å². The fourth-order valence-corrected chi connectivity index (χ4v) is 3.38. The SMILES string of the molecule is COc1ccccc1NC(=O)CSc1nnnn1Cc1cccs1. The van der Waals surface area contributed by atoms with E-state index in [1.54, 1.807) is 35.3 Å². The molecular weight excluding hydrogens is 346 g/mol. The average molecular weight is 361 g/mol. The van der Waals surface area contributed by atoms with Crippen molar-refractivity contribution in [2.45, 2.75) is 11.7 Å². The highest BCUT2D eigenvalue weighted by molar-refractivity contribution is 7.99. The van der Waals surface area contributed by atoms with Gasteiger partial charge in [-0.3, -0.25) is 4.79 Å². The molecule has 0 fully saturated rings. The summed E-state index contributed by atoms with van der Waals surface area (Å²) in [5.41, 5.74) is 0.642. The smallest absolute Gasteiger partial charge is 0.234 e. The number of carbonyl (C=O) groups is 1. The highest BCUT2D eigenvalue weighted by Gasteiger charge is 2.12. The second-order valence-corrected chi connectivity index (χ2v) is 6.71. The predicted octanol–water partition coefficient (Wildman–Crippen LogP) is 2.52. The molecule has 0 aliphatic rings. The van der Waals surface area contributed by atoms with Crippen LogP contribution < -0.4 is 10.1 Å². The lowest BCUT2D eigenvalue weighted by atomic mass is 10.3. The van der Waals surface area contributed by atoms with E-state index in [1.807, 2.05) is 29.6 Å². The molecule has 0 spiro atoms. The molecular formula is C15H15N5O2S2. The Labute approximate surface area is 147 Å². The van der Waals surface area contributed by atoms with Gasteiger partial charge in [-0.05, 0) is 34.0 Å². The van der Waals surface area contributed by atoms with Crippen molar-refractivity contribution in [3.05, 3.63) is 46.7 Å². The number of amides is 1. The van der Waals surface area contributed by atoms with Gasteiger partial charge in [0.05, 0.1) is 25.1 Å². The fourth-order valence-electron chi connectivity index (χ4n) is 2.01. The number of thiophene rings is 1. The van der Waals surface area contributed by atoms with Crippen LogP contribution in [0.2, 0.25) is 0 Å². The molecule has 0 bridgehead atoms. The molecule has 1 N–H and O–H groups in total. The Hall–Kier alpha value is -2.39. The number of tetrazole rings is 1. The first-order valence-corrected chi connectivity index (χ1v) is 8.97. The van der Waals surface area contributed by atoms with E-state index in [0.29, 0.717) is 23.1 Å². The van der Waals surface area contributed by atoms with Crippen molar-refractivity contribution in [1.82, 2.24) is 20.2 Å². The lowest BCUT2D eigenvalue weighted by Crippen LogP contribution is -2.15. The molecule has 7 nitrogen and oxygen atoms in total. The fraction of sp³-hybridized carbons (Fsp3) is 0.200. The Kier molecular flexibility index (Phi) is 5.44. The number of ether oxygens (including phenoxy) is 1. The molecule has 9 heteroatoms. The Morgan fingerprint density at radius 3 is 3.00 bits per heavy atom. The van der Waals surface area contributed by atoms with Crippen LogP contribution in [0.25, 0.3) is 0 Å². The summed E-state index contributed by atoms with van der Waals surface area (Å²) in [6, 6.07) is 11.3. The number of aromatic nitrogens is 4. The van der Waals surface area contributed by atoms with Crippen LogP contribution in [-0.4, -0.2) is 39.0 Å². The summed E-state index contributed by atoms with van der Waals surface area (Å²) in [6.45, 7) is 0.598. The summed E-state index contributed by atoms with van der Waals surface area (Å²) >= 11 is 2.94. The van der Waals surface area contributed by atoms with Gasteiger partial charge in [0, 0.05) is 4.88 Å². The zero-order chi connectivity index (χ0) is 16.8. The van der Waals surface area contributed by atoms with Crippen LogP contribution >= 0.6 is 23.1 Å². The van der Waals surface area contributed by atoms with Crippen LogP contribution in [0.4, 0.5) is 5.69 Å². The Morgan fingerprint density at radius 1 is 1.33 bits per heavy atom. The van der Waals surface area contributed by atoms with Crippen molar-refractivity contribution in [1.29, 1.82) is 0 Å². The molecule has 3 aromatic rings. The number of hydrogen-bond acceptors (Lipinski definition) is 7. The van der Waals surface area contributed by atoms with Crippen LogP contribution in [0.1, 0.15) is 4.88 Å². The monoisotopic (exact) mass is 361 g/mol. The maximum atomic E-state index is 12.1. The van der Waals surface area contributed by atoms with Gasteiger partial charge in [-0.1, -0.05) is 30.0 Å². The van der Waals surface area contributed by atoms with Crippen LogP contribution in [0.3, 0.4) is 0 Å². The molecule has 0 aliphatic heterocycles. The van der Waals surface area contributed by atoms with Gasteiger partial charge in [0.2, 0.25) is 11.1 Å². The van der Waals surface area contributed by atoms with Gasteiger partial charge in [0.1, 0.15) is 5.75 Å². The van der Waals surface area contributed by atoms with E-state index in [2.05, 4.69) is 20.8 Å². The first-order chi connectivity index (χ1) is 11.8. The van der Waals surface area contributed by atoms with Crippen molar-refractivity contribution in [3.8, 4) is 5.75 Å². The van der Waals surface area contributed by atoms with Crippen molar-refractivity contribution in [2.75, 3.05) is 18.2 Å². The summed E-state index contributed by atoms with van der Waals surface area (Å²) in [4.78, 5) is 13.3. The zero-order valence-electron chi connectivity index (χ0n) is 12.9. The maximum absolute atomic E-state index is 12.1. The molecule has 1 aromatic carbocycles. The first kappa shape index (κ1) is 16.5. The molecule has 0 aliphatic carbocycles. The molecule has 0 atom stereocenters. The van der Waals surface area contributed by atoms with Crippen LogP contribution in [0.15, 0.2) is 46.9 Å². The topological polar surface area (TPSA) is 81.9 Å². The predicted molar refractivity (Wildman–Crippen MR) is 93.6 cm³/mol. The standard InChI is InChI=1S/C15H15N5O2S2/c1-22-13-7-3-2-6-12(13)16-14(21)10-24-15-17-18-19-20(15)9-11-5-4-8-23-11/h2-8H,9-10H2,1H3,(H,16,21). The molecule has 0 radical (unpaired) electrons. The number of anilines is 1. The average Bonchev–Trinajstić information content (AvgIpc) is 3.26. The molecule has 24 heavy (non-hydrogen) atoms. The van der Waals surface area contributed by atoms with E-state index in [4.69, 9.17) is 4.74 Å². The van der Waals surface area contributed by atoms with E-state index in [-0.39, 0.29) is 11.7 Å². The molecule has 3 rings (SSSR count). The van der Waals surface area contributed by atoms with E-state index in [0.717, 1.165) is 4.88 Å². The van der Waals surface area contributed by atoms with Gasteiger partial charge in [-0.15, -0.1) is 16.4 Å². The highest BCUT2D eigenvalue weighted by Crippen LogP contribution is 2.24. The normalized spacial score (nSPS) is 10.5. The minimum Gasteiger partial charge on any atom is -0.495 e. The minimum absolute atomic E-state index is 0.143. The quantitative estimate of drug-likeness (QED) is 0.651. The van der Waals surface area contributed by atoms with Gasteiger partial charge < -0.3 is 10.1 Å². The van der Waals surface area contributed by atoms with Gasteiger partial charge in [0.15, 0.2) is 0 Å². The third-order valence-corrected chi connectivity index (χ3v) is 4.92. The van der Waals surface area contributed by atoms with Gasteiger partial charge in [-0.2, -0.15) is 0 Å². The molecule has 1 amide bonds. The molecule has 0 saturated heterocycles. The minimum atomic E-state index is -0.143. The zero-order valence-corrected chi connectivity index (χ0v) is 14.5. The van der Waals surface area contributed by atoms with E-state index < -0.39 is 0 Å². The highest BCUT2D eigenvalue weighted by atomic mass is 32.2. The Bertz CT molecular complexity index is 804. The number of methoxy groups -OCH3 is 1. The van der Waals surface area contributed by atoms with Crippen molar-refractivity contribution in [2.24, 2.45) is 0 Å². The number of para-hydroxylation sites is 2. The van der Waals surface area contributed by atoms with Crippen molar-refractivity contribution < 1.29 is 9.53 Å². The largest absolute Gasteiger partial charge is 0.495 e. The lowest BCUT2D eigenvalue weighted by Gasteiger charge is -2.09. The second kappa shape index (κ2) is 7.93. The third kappa shape index (κ3) is 4.12. The van der Waals surface area contributed by atoms with Crippen molar-refractivity contribution >= 4 is 34.7 Å². The number of carbonyl (C=O) groups excluding carboxylic acids is 1. The number of thioether (sulfide) groups is 1. The van der Waals surface area contributed by atoms with Crippen molar-refractivity contribution in [3.63, 3.8) is 0 Å². The summed E-state index contributed by atoms with van der Waals surface area (Å²) in [7, 11) is 1.57. The molecule has 0 unspecified atom stereocenters. The van der Waals surface area contributed by atoms with Gasteiger partial charge >= 0.3 is 0 Å². The third-order valence-electron chi connectivity index (χ3n) is 3.10. The maximum Gasteiger partial charge on any atom is 0.234 e. The number of nitrogens with one attached hydrogen (secondary N) is 1. The molecule has 2 heterocycles. The number of hydrogen-bond donors (Lipinski definition) is 1. The second-order valence-electron chi connectivity index (χ2n) is 4.74. The molecule has 2 aromatic heterocycles. The van der Waals surface area contributed by atoms with Gasteiger partial charge in [-0.25, -0.2) is 4.68 Å². The Balaban J connectivity index is 1.58. The van der Waals surface area contributed by atoms with Crippen LogP contribution in [0, 0.1) is 0 Å². The summed E-state index contributed by atoms with van der Waals surface area (Å²) in [5.74, 6) is 0.691. The summed E-state index contributed by atoms with van der Waals surface area (Å²) in [6.07, 6.45) is 0. The number of benzene rings is 1.